The van der Waals surface area contributed by atoms with E-state index in [2.05, 4.69) is 5.32 Å². The highest BCUT2D eigenvalue weighted by Crippen LogP contribution is 2.27. The summed E-state index contributed by atoms with van der Waals surface area (Å²) in [6, 6.07) is 15.0. The quantitative estimate of drug-likeness (QED) is 0.629. The van der Waals surface area contributed by atoms with Crippen LogP contribution in [-0.2, 0) is 11.2 Å². The number of carbonyl (C=O) groups is 2. The maximum Gasteiger partial charge on any atom is 0.253 e. The first-order chi connectivity index (χ1) is 15.9. The fourth-order valence-electron chi connectivity index (χ4n) is 4.24. The fourth-order valence-corrected chi connectivity index (χ4v) is 4.24. The SMILES string of the molecule is Cc1nc(C2CCCN(C(=O)c3ccccc3)C2)nc(C)c1CC(=O)Nc1ccc(F)cc1. The van der Waals surface area contributed by atoms with Crippen LogP contribution in [0.15, 0.2) is 54.6 Å². The van der Waals surface area contributed by atoms with E-state index in [1.54, 1.807) is 0 Å². The van der Waals surface area contributed by atoms with Crippen LogP contribution in [-0.4, -0.2) is 39.8 Å². The van der Waals surface area contributed by atoms with Crippen molar-refractivity contribution in [1.82, 2.24) is 14.9 Å². The van der Waals surface area contributed by atoms with Crippen LogP contribution in [0.5, 0.6) is 0 Å². The van der Waals surface area contributed by atoms with Crippen LogP contribution in [0.4, 0.5) is 10.1 Å². The molecule has 0 aliphatic carbocycles. The predicted octanol–water partition coefficient (Wildman–Crippen LogP) is 4.43. The van der Waals surface area contributed by atoms with E-state index in [9.17, 15) is 14.0 Å². The number of anilines is 1. The van der Waals surface area contributed by atoms with Crippen molar-refractivity contribution in [2.75, 3.05) is 18.4 Å². The molecule has 0 bridgehead atoms. The molecular weight excluding hydrogens is 419 g/mol. The Labute approximate surface area is 192 Å². The minimum absolute atomic E-state index is 0.0304. The van der Waals surface area contributed by atoms with Gasteiger partial charge in [0, 0.05) is 47.2 Å². The lowest BCUT2D eigenvalue weighted by molar-refractivity contribution is -0.115. The van der Waals surface area contributed by atoms with E-state index in [-0.39, 0.29) is 30.0 Å². The Kier molecular flexibility index (Phi) is 6.77. The standard InChI is InChI=1S/C26H27FN4O2/c1-17-23(15-24(32)30-22-12-10-21(27)11-13-22)18(2)29-25(28-17)20-9-6-14-31(16-20)26(33)19-7-4-3-5-8-19/h3-5,7-8,10-13,20H,6,9,14-16H2,1-2H3,(H,30,32). The second-order valence-electron chi connectivity index (χ2n) is 8.42. The van der Waals surface area contributed by atoms with Gasteiger partial charge in [-0.05, 0) is 63.1 Å². The number of aromatic nitrogens is 2. The molecule has 1 aliphatic heterocycles. The van der Waals surface area contributed by atoms with Gasteiger partial charge in [-0.2, -0.15) is 0 Å². The first-order valence-corrected chi connectivity index (χ1v) is 11.1. The van der Waals surface area contributed by atoms with Crippen LogP contribution in [0.2, 0.25) is 0 Å². The van der Waals surface area contributed by atoms with E-state index in [1.165, 1.54) is 24.3 Å². The molecule has 1 atom stereocenters. The van der Waals surface area contributed by atoms with Crippen molar-refractivity contribution in [2.24, 2.45) is 0 Å². The van der Waals surface area contributed by atoms with Gasteiger partial charge in [-0.25, -0.2) is 14.4 Å². The van der Waals surface area contributed by atoms with Gasteiger partial charge in [-0.3, -0.25) is 9.59 Å². The summed E-state index contributed by atoms with van der Waals surface area (Å²) < 4.78 is 13.1. The molecule has 0 radical (unpaired) electrons. The van der Waals surface area contributed by atoms with E-state index in [4.69, 9.17) is 9.97 Å². The number of amides is 2. The van der Waals surface area contributed by atoms with Crippen LogP contribution in [0.1, 0.15) is 51.9 Å². The molecule has 7 heteroatoms. The Balaban J connectivity index is 1.45. The first kappa shape index (κ1) is 22.6. The zero-order valence-electron chi connectivity index (χ0n) is 18.8. The zero-order chi connectivity index (χ0) is 23.4. The minimum atomic E-state index is -0.351. The molecule has 2 aromatic carbocycles. The molecule has 1 unspecified atom stereocenters. The van der Waals surface area contributed by atoms with Crippen LogP contribution in [0.3, 0.4) is 0 Å². The molecule has 3 aromatic rings. The number of piperidine rings is 1. The van der Waals surface area contributed by atoms with Gasteiger partial charge in [0.2, 0.25) is 5.91 Å². The van der Waals surface area contributed by atoms with Crippen LogP contribution in [0, 0.1) is 19.7 Å². The van der Waals surface area contributed by atoms with E-state index >= 15 is 0 Å². The van der Waals surface area contributed by atoms with Crippen molar-refractivity contribution < 1.29 is 14.0 Å². The van der Waals surface area contributed by atoms with Gasteiger partial charge in [0.25, 0.3) is 5.91 Å². The van der Waals surface area contributed by atoms with Crippen LogP contribution >= 0.6 is 0 Å². The maximum atomic E-state index is 13.1. The molecule has 1 N–H and O–H groups in total. The Morgan fingerprint density at radius 3 is 2.36 bits per heavy atom. The summed E-state index contributed by atoms with van der Waals surface area (Å²) in [5.74, 6) is 0.254. The molecule has 2 heterocycles. The maximum absolute atomic E-state index is 13.1. The molecule has 1 fully saturated rings. The minimum Gasteiger partial charge on any atom is -0.338 e. The molecule has 0 spiro atoms. The second kappa shape index (κ2) is 9.90. The molecule has 4 rings (SSSR count). The Bertz CT molecular complexity index is 1130. The van der Waals surface area contributed by atoms with Crippen molar-refractivity contribution in [2.45, 2.75) is 39.0 Å². The summed E-state index contributed by atoms with van der Waals surface area (Å²) in [5.41, 5.74) is 3.54. The summed E-state index contributed by atoms with van der Waals surface area (Å²) in [5, 5.41) is 2.78. The lowest BCUT2D eigenvalue weighted by Gasteiger charge is -2.32. The number of hydrogen-bond donors (Lipinski definition) is 1. The normalized spacial score (nSPS) is 15.8. The molecule has 170 valence electrons. The van der Waals surface area contributed by atoms with Crippen molar-refractivity contribution in [3.63, 3.8) is 0 Å². The molecule has 1 aliphatic rings. The average Bonchev–Trinajstić information content (AvgIpc) is 2.83. The Morgan fingerprint density at radius 1 is 1.03 bits per heavy atom. The van der Waals surface area contributed by atoms with Crippen molar-refractivity contribution in [1.29, 1.82) is 0 Å². The highest BCUT2D eigenvalue weighted by molar-refractivity contribution is 5.94. The van der Waals surface area contributed by atoms with Crippen molar-refractivity contribution >= 4 is 17.5 Å². The van der Waals surface area contributed by atoms with Gasteiger partial charge >= 0.3 is 0 Å². The monoisotopic (exact) mass is 446 g/mol. The number of hydrogen-bond acceptors (Lipinski definition) is 4. The molecule has 1 saturated heterocycles. The summed E-state index contributed by atoms with van der Waals surface area (Å²) >= 11 is 0. The summed E-state index contributed by atoms with van der Waals surface area (Å²) in [6.07, 6.45) is 1.95. The second-order valence-corrected chi connectivity index (χ2v) is 8.42. The van der Waals surface area contributed by atoms with Gasteiger partial charge in [-0.1, -0.05) is 18.2 Å². The van der Waals surface area contributed by atoms with Crippen LogP contribution in [0.25, 0.3) is 0 Å². The smallest absolute Gasteiger partial charge is 0.253 e. The lowest BCUT2D eigenvalue weighted by Crippen LogP contribution is -2.39. The third kappa shape index (κ3) is 5.42. The highest BCUT2D eigenvalue weighted by Gasteiger charge is 2.28. The van der Waals surface area contributed by atoms with E-state index in [1.807, 2.05) is 49.1 Å². The van der Waals surface area contributed by atoms with Gasteiger partial charge in [0.15, 0.2) is 0 Å². The molecule has 33 heavy (non-hydrogen) atoms. The van der Waals surface area contributed by atoms with E-state index in [0.717, 1.165) is 42.2 Å². The first-order valence-electron chi connectivity index (χ1n) is 11.1. The Morgan fingerprint density at radius 2 is 1.70 bits per heavy atom. The molecule has 1 aromatic heterocycles. The number of rotatable bonds is 5. The summed E-state index contributed by atoms with van der Waals surface area (Å²) in [4.78, 5) is 36.7. The average molecular weight is 447 g/mol. The van der Waals surface area contributed by atoms with E-state index in [0.29, 0.717) is 17.8 Å². The van der Waals surface area contributed by atoms with Gasteiger partial charge < -0.3 is 10.2 Å². The number of nitrogens with zero attached hydrogens (tertiary/aromatic N) is 3. The number of nitrogens with one attached hydrogen (secondary N) is 1. The van der Waals surface area contributed by atoms with Crippen molar-refractivity contribution in [3.05, 3.63) is 88.8 Å². The number of benzene rings is 2. The lowest BCUT2D eigenvalue weighted by atomic mass is 9.95. The van der Waals surface area contributed by atoms with Crippen molar-refractivity contribution in [3.8, 4) is 0 Å². The highest BCUT2D eigenvalue weighted by atomic mass is 19.1. The Hall–Kier alpha value is -3.61. The van der Waals surface area contributed by atoms with Gasteiger partial charge in [0.1, 0.15) is 11.6 Å². The fraction of sp³-hybridized carbons (Fsp3) is 0.308. The molecule has 2 amide bonds. The number of halogens is 1. The zero-order valence-corrected chi connectivity index (χ0v) is 18.8. The molecular formula is C26H27FN4O2. The largest absolute Gasteiger partial charge is 0.338 e. The third-order valence-corrected chi connectivity index (χ3v) is 6.00. The third-order valence-electron chi connectivity index (χ3n) is 6.00. The summed E-state index contributed by atoms with van der Waals surface area (Å²) in [7, 11) is 0. The van der Waals surface area contributed by atoms with Gasteiger partial charge in [0.05, 0.1) is 6.42 Å². The molecule has 0 saturated carbocycles. The van der Waals surface area contributed by atoms with Gasteiger partial charge in [-0.15, -0.1) is 0 Å². The summed E-state index contributed by atoms with van der Waals surface area (Å²) in [6.45, 7) is 5.07. The number of likely N-dealkylation sites (tertiary alicyclic amines) is 1. The topological polar surface area (TPSA) is 75.2 Å². The number of carbonyl (C=O) groups excluding carboxylic acids is 2. The predicted molar refractivity (Wildman–Crippen MR) is 125 cm³/mol. The van der Waals surface area contributed by atoms with Crippen LogP contribution < -0.4 is 5.32 Å². The number of aryl methyl sites for hydroxylation is 2. The molecule has 6 nitrogen and oxygen atoms in total. The van der Waals surface area contributed by atoms with E-state index < -0.39 is 0 Å².